The molecule has 0 spiro atoms. The first-order valence-corrected chi connectivity index (χ1v) is 6.37. The molecule has 0 amide bonds. The normalized spacial score (nSPS) is 12.9. The van der Waals surface area contributed by atoms with E-state index in [0.29, 0.717) is 17.1 Å². The van der Waals surface area contributed by atoms with Crippen molar-refractivity contribution in [1.29, 1.82) is 0 Å². The molecule has 0 aliphatic heterocycles. The number of hydrogen-bond donors (Lipinski definition) is 2. The number of aliphatic hydroxyl groups excluding tert-OH is 1. The summed E-state index contributed by atoms with van der Waals surface area (Å²) in [5.74, 6) is 0.161. The van der Waals surface area contributed by atoms with Crippen molar-refractivity contribution in [2.24, 2.45) is 5.41 Å². The smallest absolute Gasteiger partial charge is 0.309 e. The Morgan fingerprint density at radius 2 is 1.75 bits per heavy atom. The van der Waals surface area contributed by atoms with Gasteiger partial charge in [-0.2, -0.15) is 0 Å². The molecule has 112 valence electrons. The highest BCUT2D eigenvalue weighted by molar-refractivity contribution is 5.73. The lowest BCUT2D eigenvalue weighted by molar-refractivity contribution is -0.148. The van der Waals surface area contributed by atoms with Crippen LogP contribution in [0.15, 0.2) is 12.1 Å². The molecule has 0 aliphatic carbocycles. The lowest BCUT2D eigenvalue weighted by atomic mass is 9.84. The number of carboxylic acids is 1. The number of aliphatic carboxylic acids is 1. The van der Waals surface area contributed by atoms with E-state index in [4.69, 9.17) is 14.6 Å². The number of aliphatic hydroxyl groups is 1. The second kappa shape index (κ2) is 6.13. The summed E-state index contributed by atoms with van der Waals surface area (Å²) in [5.41, 5.74) is 0.479. The van der Waals surface area contributed by atoms with Crippen molar-refractivity contribution < 1.29 is 24.5 Å². The van der Waals surface area contributed by atoms with Crippen LogP contribution in [0.4, 0.5) is 0 Å². The van der Waals surface area contributed by atoms with Crippen LogP contribution in [0.1, 0.15) is 37.5 Å². The van der Waals surface area contributed by atoms with Crippen molar-refractivity contribution in [3.8, 4) is 11.5 Å². The van der Waals surface area contributed by atoms with Gasteiger partial charge in [0.2, 0.25) is 0 Å². The molecule has 20 heavy (non-hydrogen) atoms. The predicted molar refractivity (Wildman–Crippen MR) is 75.3 cm³/mol. The van der Waals surface area contributed by atoms with Crippen LogP contribution in [0.3, 0.4) is 0 Å². The van der Waals surface area contributed by atoms with Gasteiger partial charge in [0.15, 0.2) is 11.5 Å². The summed E-state index contributed by atoms with van der Waals surface area (Å²) in [4.78, 5) is 11.1. The highest BCUT2D eigenvalue weighted by Crippen LogP contribution is 2.37. The summed E-state index contributed by atoms with van der Waals surface area (Å²) in [7, 11) is 3.06. The summed E-state index contributed by atoms with van der Waals surface area (Å²) < 4.78 is 10.4. The molecule has 0 heterocycles. The molecule has 0 aliphatic rings. The predicted octanol–water partition coefficient (Wildman–Crippen LogP) is 2.55. The molecule has 0 bridgehead atoms. The molecule has 2 N–H and O–H groups in total. The van der Waals surface area contributed by atoms with E-state index in [1.165, 1.54) is 7.11 Å². The molecular formula is C15H22O5. The lowest BCUT2D eigenvalue weighted by Gasteiger charge is -2.24. The van der Waals surface area contributed by atoms with Crippen LogP contribution in [0.25, 0.3) is 0 Å². The first kappa shape index (κ1) is 16.3. The van der Waals surface area contributed by atoms with Gasteiger partial charge >= 0.3 is 5.97 Å². The number of ether oxygens (including phenoxy) is 2. The monoisotopic (exact) mass is 282 g/mol. The third-order valence-electron chi connectivity index (χ3n) is 3.41. The second-order valence-corrected chi connectivity index (χ2v) is 5.47. The minimum Gasteiger partial charge on any atom is -0.493 e. The van der Waals surface area contributed by atoms with E-state index >= 15 is 0 Å². The Morgan fingerprint density at radius 3 is 2.20 bits per heavy atom. The third kappa shape index (κ3) is 3.42. The van der Waals surface area contributed by atoms with Crippen LogP contribution >= 0.6 is 0 Å². The topological polar surface area (TPSA) is 76.0 Å². The van der Waals surface area contributed by atoms with E-state index in [9.17, 15) is 9.90 Å². The van der Waals surface area contributed by atoms with Gasteiger partial charge in [0.1, 0.15) is 0 Å². The first-order valence-electron chi connectivity index (χ1n) is 6.37. The van der Waals surface area contributed by atoms with Gasteiger partial charge in [-0.05, 0) is 50.5 Å². The average molecular weight is 282 g/mol. The number of carbonyl (C=O) groups is 1. The SMILES string of the molecule is COc1cc(C)c(C(O)CC(C)(C)C(=O)O)cc1OC. The molecule has 1 rings (SSSR count). The quantitative estimate of drug-likeness (QED) is 0.838. The summed E-state index contributed by atoms with van der Waals surface area (Å²) in [6.07, 6.45) is -0.750. The largest absolute Gasteiger partial charge is 0.493 e. The minimum absolute atomic E-state index is 0.124. The Kier molecular flexibility index (Phi) is 5.00. The molecule has 5 heteroatoms. The van der Waals surface area contributed by atoms with Crippen molar-refractivity contribution in [1.82, 2.24) is 0 Å². The number of rotatable bonds is 6. The number of carboxylic acid groups (broad SMARTS) is 1. The molecule has 5 nitrogen and oxygen atoms in total. The van der Waals surface area contributed by atoms with E-state index in [1.54, 1.807) is 33.1 Å². The van der Waals surface area contributed by atoms with Crippen molar-refractivity contribution in [3.05, 3.63) is 23.3 Å². The molecule has 1 aromatic rings. The van der Waals surface area contributed by atoms with Gasteiger partial charge < -0.3 is 19.7 Å². The molecular weight excluding hydrogens is 260 g/mol. The van der Waals surface area contributed by atoms with Gasteiger partial charge in [-0.25, -0.2) is 0 Å². The van der Waals surface area contributed by atoms with Crippen LogP contribution in [0.5, 0.6) is 11.5 Å². The molecule has 0 radical (unpaired) electrons. The van der Waals surface area contributed by atoms with E-state index in [-0.39, 0.29) is 6.42 Å². The molecule has 0 saturated carbocycles. The second-order valence-electron chi connectivity index (χ2n) is 5.47. The Morgan fingerprint density at radius 1 is 1.25 bits per heavy atom. The average Bonchev–Trinajstić information content (AvgIpc) is 2.37. The maximum atomic E-state index is 11.1. The number of methoxy groups -OCH3 is 2. The van der Waals surface area contributed by atoms with Gasteiger partial charge in [-0.15, -0.1) is 0 Å². The van der Waals surface area contributed by atoms with Crippen molar-refractivity contribution in [2.75, 3.05) is 14.2 Å². The highest BCUT2D eigenvalue weighted by Gasteiger charge is 2.31. The molecule has 0 fully saturated rings. The van der Waals surface area contributed by atoms with E-state index in [1.807, 2.05) is 6.92 Å². The number of benzene rings is 1. The first-order chi connectivity index (χ1) is 9.22. The standard InChI is InChI=1S/C15H22O5/c1-9-6-12(19-4)13(20-5)7-10(9)11(16)8-15(2,3)14(17)18/h6-7,11,16H,8H2,1-5H3,(H,17,18). The Hall–Kier alpha value is -1.75. The zero-order valence-electron chi connectivity index (χ0n) is 12.6. The van der Waals surface area contributed by atoms with Crippen LogP contribution in [0, 0.1) is 12.3 Å². The summed E-state index contributed by atoms with van der Waals surface area (Å²) in [6, 6.07) is 3.46. The Labute approximate surface area is 119 Å². The zero-order valence-corrected chi connectivity index (χ0v) is 12.6. The lowest BCUT2D eigenvalue weighted by Crippen LogP contribution is -2.26. The maximum absolute atomic E-state index is 11.1. The Bertz CT molecular complexity index is 493. The van der Waals surface area contributed by atoms with E-state index < -0.39 is 17.5 Å². The fourth-order valence-corrected chi connectivity index (χ4v) is 2.04. The highest BCUT2D eigenvalue weighted by atomic mass is 16.5. The fourth-order valence-electron chi connectivity index (χ4n) is 2.04. The zero-order chi connectivity index (χ0) is 15.5. The minimum atomic E-state index is -1.00. The van der Waals surface area contributed by atoms with E-state index in [2.05, 4.69) is 0 Å². The van der Waals surface area contributed by atoms with Gasteiger partial charge in [0.25, 0.3) is 0 Å². The summed E-state index contributed by atoms with van der Waals surface area (Å²) in [6.45, 7) is 5.03. The van der Waals surface area contributed by atoms with Crippen molar-refractivity contribution in [3.63, 3.8) is 0 Å². The molecule has 1 aromatic carbocycles. The number of aryl methyl sites for hydroxylation is 1. The fraction of sp³-hybridized carbons (Fsp3) is 0.533. The summed E-state index contributed by atoms with van der Waals surface area (Å²) >= 11 is 0. The van der Waals surface area contributed by atoms with Gasteiger partial charge in [-0.3, -0.25) is 4.79 Å². The summed E-state index contributed by atoms with van der Waals surface area (Å²) in [5, 5.41) is 19.4. The van der Waals surface area contributed by atoms with Crippen LogP contribution in [0.2, 0.25) is 0 Å². The van der Waals surface area contributed by atoms with E-state index in [0.717, 1.165) is 5.56 Å². The molecule has 1 atom stereocenters. The number of hydrogen-bond acceptors (Lipinski definition) is 4. The van der Waals surface area contributed by atoms with Crippen LogP contribution in [-0.2, 0) is 4.79 Å². The van der Waals surface area contributed by atoms with Gasteiger partial charge in [0, 0.05) is 0 Å². The van der Waals surface area contributed by atoms with Crippen LogP contribution < -0.4 is 9.47 Å². The molecule has 0 aromatic heterocycles. The molecule has 0 saturated heterocycles. The van der Waals surface area contributed by atoms with Crippen molar-refractivity contribution in [2.45, 2.75) is 33.3 Å². The van der Waals surface area contributed by atoms with Crippen LogP contribution in [-0.4, -0.2) is 30.4 Å². The maximum Gasteiger partial charge on any atom is 0.309 e. The molecule has 1 unspecified atom stereocenters. The van der Waals surface area contributed by atoms with Crippen molar-refractivity contribution >= 4 is 5.97 Å². The van der Waals surface area contributed by atoms with Gasteiger partial charge in [0.05, 0.1) is 25.7 Å². The Balaban J connectivity index is 3.10. The third-order valence-corrected chi connectivity index (χ3v) is 3.41. The van der Waals surface area contributed by atoms with Gasteiger partial charge in [-0.1, -0.05) is 0 Å².